The highest BCUT2D eigenvalue weighted by atomic mass is 32.2. The topological polar surface area (TPSA) is 72.8 Å². The van der Waals surface area contributed by atoms with E-state index in [9.17, 15) is 14.7 Å². The second-order valence-electron chi connectivity index (χ2n) is 3.66. The number of carboxylic acids is 1. The number of carbonyl (C=O) groups excluding carboxylic acids is 2. The predicted octanol–water partition coefficient (Wildman–Crippen LogP) is 0.633. The lowest BCUT2D eigenvalue weighted by molar-refractivity contribution is -0.255. The molecule has 2 rings (SSSR count). The molecule has 1 aromatic rings. The Morgan fingerprint density at radius 2 is 2.33 bits per heavy atom. The Hall–Kier alpha value is -1.82. The van der Waals surface area contributed by atoms with Crippen LogP contribution in [0.4, 0.5) is 5.69 Å². The van der Waals surface area contributed by atoms with Gasteiger partial charge < -0.3 is 9.90 Å². The van der Waals surface area contributed by atoms with E-state index in [1.807, 2.05) is 6.92 Å². The number of thioether (sulfide) groups is 1. The number of aliphatic imine (C=N–C) groups is 1. The smallest absolute Gasteiger partial charge is 0.239 e. The van der Waals surface area contributed by atoms with Gasteiger partial charge in [0.1, 0.15) is 0 Å². The van der Waals surface area contributed by atoms with Crippen molar-refractivity contribution in [2.75, 3.05) is 12.3 Å². The fourth-order valence-corrected chi connectivity index (χ4v) is 2.57. The summed E-state index contributed by atoms with van der Waals surface area (Å²) >= 11 is 1.36. The van der Waals surface area contributed by atoms with Gasteiger partial charge in [0.05, 0.1) is 17.4 Å². The van der Waals surface area contributed by atoms with Crippen molar-refractivity contribution in [2.45, 2.75) is 6.92 Å². The molecule has 1 aliphatic heterocycles. The summed E-state index contributed by atoms with van der Waals surface area (Å²) in [5.74, 6) is -0.829. The normalized spacial score (nSPS) is 17.5. The van der Waals surface area contributed by atoms with E-state index in [-0.39, 0.29) is 11.5 Å². The summed E-state index contributed by atoms with van der Waals surface area (Å²) in [6.45, 7) is 2.43. The van der Waals surface area contributed by atoms with E-state index >= 15 is 0 Å². The van der Waals surface area contributed by atoms with Crippen LogP contribution in [0.3, 0.4) is 0 Å². The lowest BCUT2D eigenvalue weighted by Crippen LogP contribution is -2.28. The number of nitrogens with zero attached hydrogens (tertiary/aromatic N) is 2. The molecule has 5 nitrogen and oxygen atoms in total. The fraction of sp³-hybridized carbons (Fsp3) is 0.250. The van der Waals surface area contributed by atoms with Gasteiger partial charge in [0.25, 0.3) is 0 Å². The highest BCUT2D eigenvalue weighted by molar-refractivity contribution is 8.15. The molecule has 0 N–H and O–H groups in total. The van der Waals surface area contributed by atoms with E-state index in [4.69, 9.17) is 0 Å². The zero-order valence-electron chi connectivity index (χ0n) is 9.75. The summed E-state index contributed by atoms with van der Waals surface area (Å²) in [6.07, 6.45) is 0. The molecule has 0 saturated carbocycles. The van der Waals surface area contributed by atoms with Gasteiger partial charge in [0, 0.05) is 6.54 Å². The van der Waals surface area contributed by atoms with Gasteiger partial charge in [-0.05, 0) is 24.6 Å². The van der Waals surface area contributed by atoms with Gasteiger partial charge in [0.15, 0.2) is 5.17 Å². The molecule has 1 aromatic carbocycles. The molecule has 94 valence electrons. The van der Waals surface area contributed by atoms with Gasteiger partial charge in [-0.2, -0.15) is 0 Å². The number of benzene rings is 1. The average Bonchev–Trinajstić information content (AvgIpc) is 2.70. The van der Waals surface area contributed by atoms with Crippen LogP contribution in [0.5, 0.6) is 0 Å². The number of carboxylic acid groups (broad SMARTS) is 1. The molecular formula is C12H11N2O3S-. The van der Waals surface area contributed by atoms with Gasteiger partial charge in [0.2, 0.25) is 5.91 Å². The Morgan fingerprint density at radius 1 is 1.56 bits per heavy atom. The fourth-order valence-electron chi connectivity index (χ4n) is 1.61. The molecule has 1 fully saturated rings. The molecule has 1 aliphatic rings. The maximum Gasteiger partial charge on any atom is 0.239 e. The maximum atomic E-state index is 11.5. The summed E-state index contributed by atoms with van der Waals surface area (Å²) in [4.78, 5) is 28.1. The lowest BCUT2D eigenvalue weighted by atomic mass is 10.2. The number of amides is 1. The van der Waals surface area contributed by atoms with E-state index in [1.54, 1.807) is 17.0 Å². The van der Waals surface area contributed by atoms with Crippen LogP contribution < -0.4 is 5.11 Å². The van der Waals surface area contributed by atoms with Crippen molar-refractivity contribution in [3.63, 3.8) is 0 Å². The standard InChI is InChI=1S/C12H12N2O3S/c1-2-14-10(15)7-18-12(14)13-9-5-3-4-8(6-9)11(16)17/h3-6H,2,7H2,1H3,(H,16,17)/p-1. The van der Waals surface area contributed by atoms with Crippen LogP contribution in [0.25, 0.3) is 0 Å². The number of hydrogen-bond donors (Lipinski definition) is 0. The molecule has 1 heterocycles. The van der Waals surface area contributed by atoms with Gasteiger partial charge in [-0.1, -0.05) is 23.9 Å². The number of amidine groups is 1. The van der Waals surface area contributed by atoms with Gasteiger partial charge in [-0.3, -0.25) is 9.69 Å². The van der Waals surface area contributed by atoms with E-state index < -0.39 is 5.97 Å². The van der Waals surface area contributed by atoms with Gasteiger partial charge in [-0.15, -0.1) is 0 Å². The Kier molecular flexibility index (Phi) is 3.66. The van der Waals surface area contributed by atoms with Crippen LogP contribution in [0, 0.1) is 0 Å². The first kappa shape index (κ1) is 12.6. The monoisotopic (exact) mass is 263 g/mol. The maximum absolute atomic E-state index is 11.5. The number of rotatable bonds is 3. The molecular weight excluding hydrogens is 252 g/mol. The minimum Gasteiger partial charge on any atom is -0.545 e. The summed E-state index contributed by atoms with van der Waals surface area (Å²) in [6, 6.07) is 6.17. The molecule has 0 aromatic heterocycles. The van der Waals surface area contributed by atoms with Crippen LogP contribution >= 0.6 is 11.8 Å². The highest BCUT2D eigenvalue weighted by Crippen LogP contribution is 2.23. The highest BCUT2D eigenvalue weighted by Gasteiger charge is 2.26. The van der Waals surface area contributed by atoms with E-state index in [0.29, 0.717) is 23.2 Å². The zero-order chi connectivity index (χ0) is 13.1. The Labute approximate surface area is 109 Å². The van der Waals surface area contributed by atoms with Crippen molar-refractivity contribution < 1.29 is 14.7 Å². The molecule has 6 heteroatoms. The van der Waals surface area contributed by atoms with Crippen LogP contribution in [0.2, 0.25) is 0 Å². The van der Waals surface area contributed by atoms with Crippen LogP contribution in [-0.4, -0.2) is 34.2 Å². The van der Waals surface area contributed by atoms with Crippen molar-refractivity contribution >= 4 is 34.5 Å². The first-order valence-electron chi connectivity index (χ1n) is 5.45. The summed E-state index contributed by atoms with van der Waals surface area (Å²) < 4.78 is 0. The third-order valence-electron chi connectivity index (χ3n) is 2.48. The summed E-state index contributed by atoms with van der Waals surface area (Å²) in [7, 11) is 0. The largest absolute Gasteiger partial charge is 0.545 e. The molecule has 0 unspecified atom stereocenters. The Morgan fingerprint density at radius 3 is 3.00 bits per heavy atom. The molecule has 0 aliphatic carbocycles. The van der Waals surface area contributed by atoms with Gasteiger partial charge >= 0.3 is 0 Å². The predicted molar refractivity (Wildman–Crippen MR) is 67.7 cm³/mol. The third-order valence-corrected chi connectivity index (χ3v) is 3.44. The third kappa shape index (κ3) is 2.53. The molecule has 1 saturated heterocycles. The quantitative estimate of drug-likeness (QED) is 0.802. The molecule has 1 amide bonds. The van der Waals surface area contributed by atoms with Crippen LogP contribution in [0.1, 0.15) is 17.3 Å². The SMILES string of the molecule is CCN1C(=O)CSC1=Nc1cccc(C(=O)[O-])c1. The van der Waals surface area contributed by atoms with Crippen LogP contribution in [-0.2, 0) is 4.79 Å². The number of aromatic carboxylic acids is 1. The van der Waals surface area contributed by atoms with Gasteiger partial charge in [-0.25, -0.2) is 4.99 Å². The molecule has 0 bridgehead atoms. The summed E-state index contributed by atoms with van der Waals surface area (Å²) in [5, 5.41) is 11.3. The minimum absolute atomic E-state index is 0.0253. The number of hydrogen-bond acceptors (Lipinski definition) is 5. The number of carbonyl (C=O) groups is 2. The van der Waals surface area contributed by atoms with Crippen molar-refractivity contribution in [3.05, 3.63) is 29.8 Å². The van der Waals surface area contributed by atoms with E-state index in [1.165, 1.54) is 23.9 Å². The molecule has 0 atom stereocenters. The first-order valence-corrected chi connectivity index (χ1v) is 6.43. The van der Waals surface area contributed by atoms with Crippen LogP contribution in [0.15, 0.2) is 29.3 Å². The van der Waals surface area contributed by atoms with Crippen molar-refractivity contribution in [1.82, 2.24) is 4.90 Å². The Bertz CT molecular complexity index is 528. The Balaban J connectivity index is 2.30. The van der Waals surface area contributed by atoms with Crippen molar-refractivity contribution in [3.8, 4) is 0 Å². The second-order valence-corrected chi connectivity index (χ2v) is 4.60. The molecule has 0 spiro atoms. The lowest BCUT2D eigenvalue weighted by Gasteiger charge is -2.12. The minimum atomic E-state index is -1.24. The van der Waals surface area contributed by atoms with E-state index in [0.717, 1.165) is 0 Å². The van der Waals surface area contributed by atoms with E-state index in [2.05, 4.69) is 4.99 Å². The summed E-state index contributed by atoms with van der Waals surface area (Å²) in [5.41, 5.74) is 0.585. The first-order chi connectivity index (χ1) is 8.61. The molecule has 0 radical (unpaired) electrons. The second kappa shape index (κ2) is 5.22. The zero-order valence-corrected chi connectivity index (χ0v) is 10.6. The molecule has 18 heavy (non-hydrogen) atoms. The van der Waals surface area contributed by atoms with Crippen molar-refractivity contribution in [1.29, 1.82) is 0 Å². The van der Waals surface area contributed by atoms with Crippen molar-refractivity contribution in [2.24, 2.45) is 4.99 Å². The average molecular weight is 263 g/mol.